The first kappa shape index (κ1) is 25.4. The summed E-state index contributed by atoms with van der Waals surface area (Å²) in [6, 6.07) is 4.70. The first-order valence-electron chi connectivity index (χ1n) is 9.08. The molecule has 1 aromatic carbocycles. The van der Waals surface area contributed by atoms with Crippen LogP contribution in [0.15, 0.2) is 30.0 Å². The Morgan fingerprint density at radius 2 is 1.77 bits per heavy atom. The highest BCUT2D eigenvalue weighted by atomic mass is 35.5. The maximum absolute atomic E-state index is 12.7. The first-order valence-corrected chi connectivity index (χ1v) is 11.7. The average Bonchev–Trinajstić information content (AvgIpc) is 2.66. The number of rotatable bonds is 7. The number of hydrogen-bond donors (Lipinski definition) is 2. The standard InChI is InChI=1S/C18H21Cl2F3N4O3S/c19-13-2-1-3-14(20)12(13)11-27(5-4-26-6-8-31(29,30)9-7-26)17(28)15(24)10-16(25)18(21,22)23/h1-3,10,24H,4-9,11,25H2. The van der Waals surface area contributed by atoms with Crippen LogP contribution in [0.2, 0.25) is 10.0 Å². The normalized spacial score (nSPS) is 17.4. The molecule has 0 aromatic heterocycles. The van der Waals surface area contributed by atoms with Gasteiger partial charge in [0.2, 0.25) is 0 Å². The van der Waals surface area contributed by atoms with E-state index in [1.165, 1.54) is 0 Å². The van der Waals surface area contributed by atoms with E-state index in [0.29, 0.717) is 5.56 Å². The number of alkyl halides is 3. The molecule has 0 aliphatic carbocycles. The van der Waals surface area contributed by atoms with Crippen molar-refractivity contribution in [1.29, 1.82) is 5.41 Å². The van der Waals surface area contributed by atoms with Crippen LogP contribution >= 0.6 is 23.2 Å². The number of nitrogens with one attached hydrogen (secondary N) is 1. The van der Waals surface area contributed by atoms with Gasteiger partial charge in [0.1, 0.15) is 11.4 Å². The third-order valence-electron chi connectivity index (χ3n) is 4.68. The van der Waals surface area contributed by atoms with E-state index in [2.05, 4.69) is 0 Å². The number of carbonyl (C=O) groups excluding carboxylic acids is 1. The summed E-state index contributed by atoms with van der Waals surface area (Å²) in [7, 11) is -3.09. The van der Waals surface area contributed by atoms with Gasteiger partial charge in [0, 0.05) is 48.3 Å². The third-order valence-corrected chi connectivity index (χ3v) is 7.00. The van der Waals surface area contributed by atoms with Crippen LogP contribution in [0.3, 0.4) is 0 Å². The number of nitrogens with two attached hydrogens (primary N) is 1. The van der Waals surface area contributed by atoms with E-state index in [9.17, 15) is 26.4 Å². The third kappa shape index (κ3) is 7.37. The molecule has 0 saturated carbocycles. The number of hydrogen-bond acceptors (Lipinski definition) is 6. The maximum Gasteiger partial charge on any atom is 0.430 e. The van der Waals surface area contributed by atoms with Gasteiger partial charge in [0.25, 0.3) is 5.91 Å². The lowest BCUT2D eigenvalue weighted by atomic mass is 10.1. The number of nitrogens with zero attached hydrogens (tertiary/aromatic N) is 2. The molecular weight excluding hydrogens is 480 g/mol. The van der Waals surface area contributed by atoms with Crippen molar-refractivity contribution in [3.8, 4) is 0 Å². The smallest absolute Gasteiger partial charge is 0.395 e. The van der Waals surface area contributed by atoms with Crippen LogP contribution < -0.4 is 5.73 Å². The molecule has 1 heterocycles. The van der Waals surface area contributed by atoms with Gasteiger partial charge in [-0.15, -0.1) is 0 Å². The minimum Gasteiger partial charge on any atom is -0.395 e. The molecule has 0 atom stereocenters. The summed E-state index contributed by atoms with van der Waals surface area (Å²) >= 11 is 12.3. The number of halogens is 5. The van der Waals surface area contributed by atoms with Crippen molar-refractivity contribution >= 4 is 44.7 Å². The predicted octanol–water partition coefficient (Wildman–Crippen LogP) is 2.48. The lowest BCUT2D eigenvalue weighted by molar-refractivity contribution is -0.124. The zero-order valence-corrected chi connectivity index (χ0v) is 18.6. The number of allylic oxidation sites excluding steroid dienone is 1. The van der Waals surface area contributed by atoms with E-state index in [4.69, 9.17) is 34.3 Å². The Hall–Kier alpha value is -1.82. The van der Waals surface area contributed by atoms with Gasteiger partial charge in [-0.1, -0.05) is 29.3 Å². The van der Waals surface area contributed by atoms with E-state index in [0.717, 1.165) is 4.90 Å². The molecular formula is C18H21Cl2F3N4O3S. The minimum atomic E-state index is -4.87. The van der Waals surface area contributed by atoms with E-state index in [1.807, 2.05) is 4.90 Å². The van der Waals surface area contributed by atoms with Crippen LogP contribution in [0.4, 0.5) is 13.2 Å². The highest BCUT2D eigenvalue weighted by Crippen LogP contribution is 2.26. The Balaban J connectivity index is 2.21. The molecule has 1 fully saturated rings. The average molecular weight is 501 g/mol. The Kier molecular flexibility index (Phi) is 8.37. The molecule has 1 aliphatic heterocycles. The van der Waals surface area contributed by atoms with Crippen molar-refractivity contribution in [1.82, 2.24) is 9.80 Å². The first-order chi connectivity index (χ1) is 14.3. The highest BCUT2D eigenvalue weighted by molar-refractivity contribution is 7.91. The molecule has 2 rings (SSSR count). The van der Waals surface area contributed by atoms with Gasteiger partial charge in [0.05, 0.1) is 11.5 Å². The molecule has 0 spiro atoms. The largest absolute Gasteiger partial charge is 0.430 e. The monoisotopic (exact) mass is 500 g/mol. The van der Waals surface area contributed by atoms with Crippen LogP contribution in [-0.4, -0.2) is 73.7 Å². The van der Waals surface area contributed by atoms with Crippen LogP contribution in [0.5, 0.6) is 0 Å². The molecule has 1 amide bonds. The molecule has 0 unspecified atom stereocenters. The lowest BCUT2D eigenvalue weighted by Crippen LogP contribution is -2.46. The number of benzene rings is 1. The topological polar surface area (TPSA) is 108 Å². The summed E-state index contributed by atoms with van der Waals surface area (Å²) in [5.41, 5.74) is 2.79. The zero-order valence-electron chi connectivity index (χ0n) is 16.3. The van der Waals surface area contributed by atoms with Gasteiger partial charge < -0.3 is 10.6 Å². The fourth-order valence-corrected chi connectivity index (χ4v) is 4.63. The van der Waals surface area contributed by atoms with Gasteiger partial charge in [-0.2, -0.15) is 13.2 Å². The summed E-state index contributed by atoms with van der Waals surface area (Å²) in [4.78, 5) is 15.7. The van der Waals surface area contributed by atoms with Crippen LogP contribution in [0, 0.1) is 5.41 Å². The summed E-state index contributed by atoms with van der Waals surface area (Å²) in [6.07, 6.45) is -4.61. The van der Waals surface area contributed by atoms with Crippen molar-refractivity contribution in [3.63, 3.8) is 0 Å². The van der Waals surface area contributed by atoms with Gasteiger partial charge in [-0.05, 0) is 18.2 Å². The second-order valence-corrected chi connectivity index (χ2v) is 10.0. The zero-order chi connectivity index (χ0) is 23.4. The van der Waals surface area contributed by atoms with E-state index in [-0.39, 0.29) is 60.4 Å². The van der Waals surface area contributed by atoms with Crippen molar-refractivity contribution in [3.05, 3.63) is 45.6 Å². The molecule has 3 N–H and O–H groups in total. The quantitative estimate of drug-likeness (QED) is 0.559. The van der Waals surface area contributed by atoms with Crippen molar-refractivity contribution < 1.29 is 26.4 Å². The van der Waals surface area contributed by atoms with Crippen LogP contribution in [-0.2, 0) is 21.2 Å². The molecule has 1 saturated heterocycles. The number of carbonyl (C=O) groups is 1. The van der Waals surface area contributed by atoms with Gasteiger partial charge >= 0.3 is 6.18 Å². The molecule has 0 bridgehead atoms. The fourth-order valence-electron chi connectivity index (χ4n) is 2.83. The van der Waals surface area contributed by atoms with E-state index in [1.54, 1.807) is 18.2 Å². The van der Waals surface area contributed by atoms with Gasteiger partial charge in [-0.3, -0.25) is 15.1 Å². The highest BCUT2D eigenvalue weighted by Gasteiger charge is 2.33. The molecule has 7 nitrogen and oxygen atoms in total. The molecule has 0 radical (unpaired) electrons. The number of amides is 1. The molecule has 1 aromatic rings. The Labute approximate surface area is 188 Å². The van der Waals surface area contributed by atoms with E-state index >= 15 is 0 Å². The molecule has 13 heteroatoms. The molecule has 172 valence electrons. The van der Waals surface area contributed by atoms with Crippen molar-refractivity contribution in [2.45, 2.75) is 12.7 Å². The molecule has 1 aliphatic rings. The maximum atomic E-state index is 12.7. The minimum absolute atomic E-state index is 0.0159. The molecule has 31 heavy (non-hydrogen) atoms. The predicted molar refractivity (Wildman–Crippen MR) is 113 cm³/mol. The summed E-state index contributed by atoms with van der Waals surface area (Å²) in [5.74, 6) is -1.02. The fraction of sp³-hybridized carbons (Fsp3) is 0.444. The van der Waals surface area contributed by atoms with E-state index < -0.39 is 33.3 Å². The second kappa shape index (κ2) is 10.2. The van der Waals surface area contributed by atoms with Crippen LogP contribution in [0.25, 0.3) is 0 Å². The SMILES string of the molecule is N=C(C=C(N)C(F)(F)F)C(=O)N(CCN1CCS(=O)(=O)CC1)Cc1c(Cl)cccc1Cl. The van der Waals surface area contributed by atoms with Gasteiger partial charge in [-0.25, -0.2) is 8.42 Å². The van der Waals surface area contributed by atoms with Gasteiger partial charge in [0.15, 0.2) is 9.84 Å². The second-order valence-electron chi connectivity index (χ2n) is 6.93. The van der Waals surface area contributed by atoms with Crippen molar-refractivity contribution in [2.24, 2.45) is 5.73 Å². The summed E-state index contributed by atoms with van der Waals surface area (Å²) < 4.78 is 61.2. The Morgan fingerprint density at radius 3 is 2.29 bits per heavy atom. The number of sulfone groups is 1. The Morgan fingerprint density at radius 1 is 1.23 bits per heavy atom. The summed E-state index contributed by atoms with van der Waals surface area (Å²) in [5, 5.41) is 8.29. The summed E-state index contributed by atoms with van der Waals surface area (Å²) in [6.45, 7) is 0.675. The Bertz CT molecular complexity index is 950. The van der Waals surface area contributed by atoms with Crippen molar-refractivity contribution in [2.75, 3.05) is 37.7 Å². The van der Waals surface area contributed by atoms with Crippen LogP contribution in [0.1, 0.15) is 5.56 Å². The lowest BCUT2D eigenvalue weighted by Gasteiger charge is -2.30.